The fourth-order valence-corrected chi connectivity index (χ4v) is 4.25. The summed E-state index contributed by atoms with van der Waals surface area (Å²) in [7, 11) is 0. The highest BCUT2D eigenvalue weighted by Crippen LogP contribution is 2.38. The average Bonchev–Trinajstić information content (AvgIpc) is 2.67. The monoisotopic (exact) mass is 380 g/mol. The van der Waals surface area contributed by atoms with Gasteiger partial charge in [-0.3, -0.25) is 4.79 Å². The molecule has 0 aliphatic carbocycles. The van der Waals surface area contributed by atoms with Crippen LogP contribution in [0.5, 0.6) is 0 Å². The number of benzene rings is 1. The van der Waals surface area contributed by atoms with Gasteiger partial charge in [-0.15, -0.1) is 0 Å². The van der Waals surface area contributed by atoms with Crippen LogP contribution >= 0.6 is 11.6 Å². The summed E-state index contributed by atoms with van der Waals surface area (Å²) in [6.07, 6.45) is 2.91. The van der Waals surface area contributed by atoms with E-state index in [0.29, 0.717) is 44.2 Å². The standard InChI is InChI=1S/C19H25ClN2O4/c20-16-6-2-1-5-15(16)19(7-10-26-11-8-19)13-21-18(25)22-9-3-4-14(12-22)17(23)24/h1-2,5-6,14H,3-4,7-13H2,(H,21,25)(H,23,24). The van der Waals surface area contributed by atoms with Crippen LogP contribution in [0.2, 0.25) is 5.02 Å². The lowest BCUT2D eigenvalue weighted by Gasteiger charge is -2.39. The number of urea groups is 1. The van der Waals surface area contributed by atoms with Crippen molar-refractivity contribution >= 4 is 23.6 Å². The van der Waals surface area contributed by atoms with Gasteiger partial charge in [-0.25, -0.2) is 4.79 Å². The van der Waals surface area contributed by atoms with Gasteiger partial charge < -0.3 is 20.1 Å². The zero-order chi connectivity index (χ0) is 18.6. The summed E-state index contributed by atoms with van der Waals surface area (Å²) in [6, 6.07) is 7.55. The molecule has 6 nitrogen and oxygen atoms in total. The molecule has 2 N–H and O–H groups in total. The third-order valence-electron chi connectivity index (χ3n) is 5.53. The van der Waals surface area contributed by atoms with Gasteiger partial charge in [-0.2, -0.15) is 0 Å². The summed E-state index contributed by atoms with van der Waals surface area (Å²) in [4.78, 5) is 25.5. The molecule has 2 fully saturated rings. The Bertz CT molecular complexity index is 661. The molecule has 0 aromatic heterocycles. The summed E-state index contributed by atoms with van der Waals surface area (Å²) in [5, 5.41) is 12.9. The highest BCUT2D eigenvalue weighted by atomic mass is 35.5. The van der Waals surface area contributed by atoms with Crippen LogP contribution in [0, 0.1) is 5.92 Å². The number of carbonyl (C=O) groups is 2. The number of amides is 2. The van der Waals surface area contributed by atoms with Crippen LogP contribution in [0.15, 0.2) is 24.3 Å². The molecule has 2 aliphatic rings. The van der Waals surface area contributed by atoms with Gasteiger partial charge in [0.25, 0.3) is 0 Å². The van der Waals surface area contributed by atoms with E-state index in [-0.39, 0.29) is 18.0 Å². The summed E-state index contributed by atoms with van der Waals surface area (Å²) < 4.78 is 5.52. The first-order chi connectivity index (χ1) is 12.5. The highest BCUT2D eigenvalue weighted by molar-refractivity contribution is 6.31. The van der Waals surface area contributed by atoms with Gasteiger partial charge in [0.2, 0.25) is 0 Å². The number of carboxylic acid groups (broad SMARTS) is 1. The van der Waals surface area contributed by atoms with Gasteiger partial charge in [0.05, 0.1) is 5.92 Å². The number of piperidine rings is 1. The number of hydrogen-bond acceptors (Lipinski definition) is 3. The van der Waals surface area contributed by atoms with E-state index in [9.17, 15) is 14.7 Å². The van der Waals surface area contributed by atoms with Crippen LogP contribution in [-0.4, -0.2) is 54.9 Å². The fourth-order valence-electron chi connectivity index (χ4n) is 3.91. The van der Waals surface area contributed by atoms with Gasteiger partial charge >= 0.3 is 12.0 Å². The number of hydrogen-bond donors (Lipinski definition) is 2. The average molecular weight is 381 g/mol. The molecule has 0 spiro atoms. The smallest absolute Gasteiger partial charge is 0.317 e. The molecule has 0 bridgehead atoms. The normalized spacial score (nSPS) is 22.7. The molecule has 1 atom stereocenters. The zero-order valence-electron chi connectivity index (χ0n) is 14.7. The van der Waals surface area contributed by atoms with Crippen LogP contribution in [0.1, 0.15) is 31.2 Å². The molecule has 26 heavy (non-hydrogen) atoms. The lowest BCUT2D eigenvalue weighted by molar-refractivity contribution is -0.143. The first-order valence-corrected chi connectivity index (χ1v) is 9.48. The van der Waals surface area contributed by atoms with Gasteiger partial charge in [0.15, 0.2) is 0 Å². The van der Waals surface area contributed by atoms with E-state index >= 15 is 0 Å². The molecule has 1 aromatic rings. The Morgan fingerprint density at radius 1 is 1.31 bits per heavy atom. The molecule has 2 heterocycles. The van der Waals surface area contributed by atoms with E-state index in [4.69, 9.17) is 16.3 Å². The van der Waals surface area contributed by atoms with E-state index in [0.717, 1.165) is 18.4 Å². The third-order valence-corrected chi connectivity index (χ3v) is 5.86. The van der Waals surface area contributed by atoms with Crippen molar-refractivity contribution in [1.29, 1.82) is 0 Å². The number of likely N-dealkylation sites (tertiary alicyclic amines) is 1. The number of carbonyl (C=O) groups excluding carboxylic acids is 1. The van der Waals surface area contributed by atoms with Crippen molar-refractivity contribution in [3.63, 3.8) is 0 Å². The number of ether oxygens (including phenoxy) is 1. The quantitative estimate of drug-likeness (QED) is 0.841. The highest BCUT2D eigenvalue weighted by Gasteiger charge is 2.37. The number of carboxylic acids is 1. The van der Waals surface area contributed by atoms with E-state index in [1.165, 1.54) is 0 Å². The second kappa shape index (κ2) is 8.27. The Labute approximate surface area is 158 Å². The minimum atomic E-state index is -0.834. The molecule has 2 saturated heterocycles. The minimum absolute atomic E-state index is 0.200. The van der Waals surface area contributed by atoms with Crippen molar-refractivity contribution in [2.24, 2.45) is 5.92 Å². The van der Waals surface area contributed by atoms with Crippen molar-refractivity contribution in [1.82, 2.24) is 10.2 Å². The van der Waals surface area contributed by atoms with Crippen LogP contribution in [0.3, 0.4) is 0 Å². The van der Waals surface area contributed by atoms with E-state index in [1.54, 1.807) is 4.90 Å². The Balaban J connectivity index is 1.69. The number of nitrogens with one attached hydrogen (secondary N) is 1. The Morgan fingerprint density at radius 2 is 2.04 bits per heavy atom. The molecule has 2 amide bonds. The predicted octanol–water partition coefficient (Wildman–Crippen LogP) is 2.89. The van der Waals surface area contributed by atoms with Crippen molar-refractivity contribution in [3.8, 4) is 0 Å². The van der Waals surface area contributed by atoms with Crippen molar-refractivity contribution in [2.45, 2.75) is 31.1 Å². The summed E-state index contributed by atoms with van der Waals surface area (Å²) in [5.74, 6) is -1.31. The maximum absolute atomic E-state index is 12.6. The van der Waals surface area contributed by atoms with Crippen LogP contribution in [0.25, 0.3) is 0 Å². The number of rotatable bonds is 4. The van der Waals surface area contributed by atoms with Gasteiger partial charge in [0, 0.05) is 43.3 Å². The third kappa shape index (κ3) is 4.13. The Hall–Kier alpha value is -1.79. The van der Waals surface area contributed by atoms with Crippen LogP contribution in [-0.2, 0) is 14.9 Å². The molecule has 1 unspecified atom stereocenters. The van der Waals surface area contributed by atoms with E-state index < -0.39 is 11.9 Å². The maximum atomic E-state index is 12.6. The van der Waals surface area contributed by atoms with Gasteiger partial charge in [0.1, 0.15) is 0 Å². The summed E-state index contributed by atoms with van der Waals surface area (Å²) >= 11 is 6.44. The first kappa shape index (κ1) is 19.0. The summed E-state index contributed by atoms with van der Waals surface area (Å²) in [6.45, 7) is 2.59. The topological polar surface area (TPSA) is 78.9 Å². The van der Waals surface area contributed by atoms with Crippen LogP contribution < -0.4 is 5.32 Å². The van der Waals surface area contributed by atoms with Crippen molar-refractivity contribution < 1.29 is 19.4 Å². The van der Waals surface area contributed by atoms with Gasteiger partial charge in [-0.1, -0.05) is 29.8 Å². The summed E-state index contributed by atoms with van der Waals surface area (Å²) in [5.41, 5.74) is 0.779. The molecular weight excluding hydrogens is 356 g/mol. The second-order valence-corrected chi connectivity index (χ2v) is 7.56. The molecule has 1 aromatic carbocycles. The molecule has 3 rings (SSSR count). The Kier molecular flexibility index (Phi) is 6.04. The van der Waals surface area contributed by atoms with Crippen molar-refractivity contribution in [2.75, 3.05) is 32.8 Å². The largest absolute Gasteiger partial charge is 0.481 e. The lowest BCUT2D eigenvalue weighted by Crippen LogP contribution is -2.51. The zero-order valence-corrected chi connectivity index (χ0v) is 15.5. The van der Waals surface area contributed by atoms with Crippen molar-refractivity contribution in [3.05, 3.63) is 34.9 Å². The Morgan fingerprint density at radius 3 is 2.73 bits per heavy atom. The van der Waals surface area contributed by atoms with Crippen LogP contribution in [0.4, 0.5) is 4.79 Å². The lowest BCUT2D eigenvalue weighted by atomic mass is 9.74. The first-order valence-electron chi connectivity index (χ1n) is 9.10. The fraction of sp³-hybridized carbons (Fsp3) is 0.579. The van der Waals surface area contributed by atoms with Gasteiger partial charge in [-0.05, 0) is 37.3 Å². The molecule has 2 aliphatic heterocycles. The molecule has 7 heteroatoms. The maximum Gasteiger partial charge on any atom is 0.317 e. The number of aliphatic carboxylic acids is 1. The molecular formula is C19H25ClN2O4. The molecule has 142 valence electrons. The number of nitrogens with zero attached hydrogens (tertiary/aromatic N) is 1. The minimum Gasteiger partial charge on any atom is -0.481 e. The van der Waals surface area contributed by atoms with E-state index in [1.807, 2.05) is 24.3 Å². The van der Waals surface area contributed by atoms with E-state index in [2.05, 4.69) is 5.32 Å². The predicted molar refractivity (Wildman–Crippen MR) is 98.5 cm³/mol. The molecule has 0 saturated carbocycles. The SMILES string of the molecule is O=C(O)C1CCCN(C(=O)NCC2(c3ccccc3Cl)CCOCC2)C1. The second-order valence-electron chi connectivity index (χ2n) is 7.15. The number of halogens is 1. The molecule has 0 radical (unpaired) electrons.